The summed E-state index contributed by atoms with van der Waals surface area (Å²) in [7, 11) is 0. The van der Waals surface area contributed by atoms with E-state index in [2.05, 4.69) is 76.2 Å². The van der Waals surface area contributed by atoms with Gasteiger partial charge in [0, 0.05) is 44.3 Å². The second-order valence-electron chi connectivity index (χ2n) is 8.98. The van der Waals surface area contributed by atoms with Gasteiger partial charge < -0.3 is 20.0 Å². The van der Waals surface area contributed by atoms with Crippen molar-refractivity contribution in [2.24, 2.45) is 5.92 Å². The zero-order valence-electron chi connectivity index (χ0n) is 20.3. The van der Waals surface area contributed by atoms with Crippen LogP contribution in [0.4, 0.5) is 5.69 Å². The number of likely N-dealkylation sites (tertiary alicyclic amines) is 1. The van der Waals surface area contributed by atoms with Crippen LogP contribution >= 0.6 is 0 Å². The normalized spacial score (nSPS) is 16.8. The van der Waals surface area contributed by atoms with Crippen LogP contribution in [0.5, 0.6) is 0 Å². The molecule has 0 radical (unpaired) electrons. The Morgan fingerprint density at radius 2 is 1.31 bits per heavy atom. The molecular formula is C27H35N3O5. The summed E-state index contributed by atoms with van der Waals surface area (Å²) in [5.74, 6) is -3.06. The van der Waals surface area contributed by atoms with Gasteiger partial charge in [-0.1, -0.05) is 49.4 Å². The lowest BCUT2D eigenvalue weighted by molar-refractivity contribution is -0.159. The first-order chi connectivity index (χ1) is 16.9. The third kappa shape index (κ3) is 7.82. The number of carbonyl (C=O) groups is 3. The Kier molecular flexibility index (Phi) is 9.66. The average Bonchev–Trinajstić information content (AvgIpc) is 2.90. The van der Waals surface area contributed by atoms with Gasteiger partial charge in [-0.15, -0.1) is 0 Å². The van der Waals surface area contributed by atoms with E-state index in [0.29, 0.717) is 5.91 Å². The molecule has 0 saturated carbocycles. The highest BCUT2D eigenvalue weighted by Gasteiger charge is 2.30. The first-order valence-electron chi connectivity index (χ1n) is 12.2. The van der Waals surface area contributed by atoms with Crippen LogP contribution in [0.25, 0.3) is 0 Å². The fourth-order valence-corrected chi connectivity index (χ4v) is 4.56. The SMILES string of the molecule is CCc1ccc(CN2CCC(C(=O)N3CCN(c4ccccc4)CC3)CC2)cc1.O=C(O)C(=O)O. The number of para-hydroxylation sites is 1. The summed E-state index contributed by atoms with van der Waals surface area (Å²) in [5.41, 5.74) is 4.04. The molecule has 0 bridgehead atoms. The summed E-state index contributed by atoms with van der Waals surface area (Å²) < 4.78 is 0. The van der Waals surface area contributed by atoms with Crippen molar-refractivity contribution in [1.29, 1.82) is 0 Å². The van der Waals surface area contributed by atoms with Crippen LogP contribution in [0, 0.1) is 5.92 Å². The maximum Gasteiger partial charge on any atom is 0.414 e. The highest BCUT2D eigenvalue weighted by atomic mass is 16.4. The van der Waals surface area contributed by atoms with Gasteiger partial charge in [-0.25, -0.2) is 9.59 Å². The van der Waals surface area contributed by atoms with Crippen molar-refractivity contribution < 1.29 is 24.6 Å². The van der Waals surface area contributed by atoms with E-state index in [9.17, 15) is 4.79 Å². The Labute approximate surface area is 206 Å². The van der Waals surface area contributed by atoms with E-state index < -0.39 is 11.9 Å². The van der Waals surface area contributed by atoms with E-state index >= 15 is 0 Å². The molecule has 2 heterocycles. The minimum atomic E-state index is -1.82. The van der Waals surface area contributed by atoms with Gasteiger partial charge in [-0.2, -0.15) is 0 Å². The highest BCUT2D eigenvalue weighted by molar-refractivity contribution is 6.27. The second-order valence-corrected chi connectivity index (χ2v) is 8.98. The molecule has 0 aromatic heterocycles. The molecule has 0 unspecified atom stereocenters. The number of nitrogens with zero attached hydrogens (tertiary/aromatic N) is 3. The van der Waals surface area contributed by atoms with E-state index in [1.165, 1.54) is 16.8 Å². The third-order valence-electron chi connectivity index (χ3n) is 6.67. The van der Waals surface area contributed by atoms with Gasteiger partial charge in [-0.3, -0.25) is 9.69 Å². The maximum absolute atomic E-state index is 13.0. The molecule has 2 N–H and O–H groups in total. The monoisotopic (exact) mass is 481 g/mol. The Bertz CT molecular complexity index is 952. The smallest absolute Gasteiger partial charge is 0.414 e. The third-order valence-corrected chi connectivity index (χ3v) is 6.67. The van der Waals surface area contributed by atoms with Crippen LogP contribution in [0.2, 0.25) is 0 Å². The summed E-state index contributed by atoms with van der Waals surface area (Å²) >= 11 is 0. The van der Waals surface area contributed by atoms with Gasteiger partial charge in [0.05, 0.1) is 0 Å². The molecule has 2 saturated heterocycles. The van der Waals surface area contributed by atoms with Gasteiger partial charge in [0.1, 0.15) is 0 Å². The minimum absolute atomic E-state index is 0.206. The van der Waals surface area contributed by atoms with Gasteiger partial charge >= 0.3 is 11.9 Å². The molecule has 8 heteroatoms. The molecule has 2 aromatic carbocycles. The Hall–Kier alpha value is -3.39. The summed E-state index contributed by atoms with van der Waals surface area (Å²) in [6.45, 7) is 8.80. The molecule has 188 valence electrons. The standard InChI is InChI=1S/C25H33N3O.C2H2O4/c1-2-21-8-10-22(11-9-21)20-26-14-12-23(13-15-26)25(29)28-18-16-27(17-19-28)24-6-4-3-5-7-24;3-1(4)2(5)6/h3-11,23H,2,12-20H2,1H3;(H,3,4)(H,5,6). The van der Waals surface area contributed by atoms with Crippen molar-refractivity contribution in [1.82, 2.24) is 9.80 Å². The number of benzene rings is 2. The fraction of sp³-hybridized carbons (Fsp3) is 0.444. The van der Waals surface area contributed by atoms with Crippen molar-refractivity contribution in [3.63, 3.8) is 0 Å². The van der Waals surface area contributed by atoms with Gasteiger partial charge in [0.25, 0.3) is 0 Å². The van der Waals surface area contributed by atoms with Crippen LogP contribution in [0.15, 0.2) is 54.6 Å². The topological polar surface area (TPSA) is 101 Å². The summed E-state index contributed by atoms with van der Waals surface area (Å²) in [5, 5.41) is 14.8. The number of amides is 1. The molecule has 4 rings (SSSR count). The van der Waals surface area contributed by atoms with Crippen LogP contribution in [-0.4, -0.2) is 77.1 Å². The zero-order valence-corrected chi connectivity index (χ0v) is 20.3. The Morgan fingerprint density at radius 3 is 1.83 bits per heavy atom. The van der Waals surface area contributed by atoms with Gasteiger partial charge in [0.15, 0.2) is 0 Å². The molecule has 2 fully saturated rings. The number of carboxylic acid groups (broad SMARTS) is 2. The Balaban J connectivity index is 0.000000509. The van der Waals surface area contributed by atoms with Gasteiger partial charge in [0.2, 0.25) is 5.91 Å². The van der Waals surface area contributed by atoms with Crippen molar-refractivity contribution in [2.45, 2.75) is 32.7 Å². The zero-order chi connectivity index (χ0) is 25.2. The average molecular weight is 482 g/mol. The summed E-state index contributed by atoms with van der Waals surface area (Å²) in [6, 6.07) is 19.5. The van der Waals surface area contributed by atoms with Crippen molar-refractivity contribution in [2.75, 3.05) is 44.2 Å². The molecule has 1 amide bonds. The summed E-state index contributed by atoms with van der Waals surface area (Å²) in [6.07, 6.45) is 3.07. The van der Waals surface area contributed by atoms with Crippen LogP contribution < -0.4 is 4.90 Å². The van der Waals surface area contributed by atoms with E-state index in [1.807, 2.05) is 0 Å². The van der Waals surface area contributed by atoms with E-state index in [-0.39, 0.29) is 5.92 Å². The highest BCUT2D eigenvalue weighted by Crippen LogP contribution is 2.23. The molecule has 2 aromatic rings. The first kappa shape index (κ1) is 26.2. The maximum atomic E-state index is 13.0. The quantitative estimate of drug-likeness (QED) is 0.633. The number of aliphatic carboxylic acids is 2. The number of aryl methyl sites for hydroxylation is 1. The van der Waals surface area contributed by atoms with Gasteiger partial charge in [-0.05, 0) is 55.6 Å². The van der Waals surface area contributed by atoms with Crippen molar-refractivity contribution in [3.8, 4) is 0 Å². The lowest BCUT2D eigenvalue weighted by atomic mass is 9.94. The van der Waals surface area contributed by atoms with E-state index in [0.717, 1.165) is 65.1 Å². The summed E-state index contributed by atoms with van der Waals surface area (Å²) in [4.78, 5) is 38.2. The van der Waals surface area contributed by atoms with Crippen molar-refractivity contribution in [3.05, 3.63) is 65.7 Å². The number of hydrogen-bond donors (Lipinski definition) is 2. The van der Waals surface area contributed by atoms with Crippen LogP contribution in [0.3, 0.4) is 0 Å². The number of carbonyl (C=O) groups excluding carboxylic acids is 1. The Morgan fingerprint density at radius 1 is 0.771 bits per heavy atom. The number of carboxylic acids is 2. The predicted octanol–water partition coefficient (Wildman–Crippen LogP) is 2.97. The predicted molar refractivity (Wildman–Crippen MR) is 134 cm³/mol. The number of hydrogen-bond acceptors (Lipinski definition) is 5. The lowest BCUT2D eigenvalue weighted by Gasteiger charge is -2.39. The number of rotatable bonds is 5. The molecular weight excluding hydrogens is 446 g/mol. The fourth-order valence-electron chi connectivity index (χ4n) is 4.56. The molecule has 8 nitrogen and oxygen atoms in total. The number of anilines is 1. The van der Waals surface area contributed by atoms with Crippen molar-refractivity contribution >= 4 is 23.5 Å². The van der Waals surface area contributed by atoms with E-state index in [4.69, 9.17) is 19.8 Å². The molecule has 0 aliphatic carbocycles. The molecule has 35 heavy (non-hydrogen) atoms. The molecule has 2 aliphatic rings. The van der Waals surface area contributed by atoms with Crippen LogP contribution in [-0.2, 0) is 27.3 Å². The molecule has 0 atom stereocenters. The van der Waals surface area contributed by atoms with Crippen LogP contribution in [0.1, 0.15) is 30.9 Å². The number of piperidine rings is 1. The second kappa shape index (κ2) is 12.9. The largest absolute Gasteiger partial charge is 0.473 e. The molecule has 0 spiro atoms. The minimum Gasteiger partial charge on any atom is -0.473 e. The lowest BCUT2D eigenvalue weighted by Crippen LogP contribution is -2.51. The molecule has 2 aliphatic heterocycles. The number of piperazine rings is 1. The first-order valence-corrected chi connectivity index (χ1v) is 12.2. The van der Waals surface area contributed by atoms with E-state index in [1.54, 1.807) is 0 Å².